The van der Waals surface area contributed by atoms with Crippen LogP contribution >= 0.6 is 0 Å². The first-order valence-electron chi connectivity index (χ1n) is 5.38. The van der Waals surface area contributed by atoms with Gasteiger partial charge in [-0.25, -0.2) is 4.39 Å². The third-order valence-electron chi connectivity index (χ3n) is 3.08. The average molecular weight is 223 g/mol. The first-order chi connectivity index (χ1) is 7.70. The van der Waals surface area contributed by atoms with E-state index < -0.39 is 17.7 Å². The van der Waals surface area contributed by atoms with E-state index in [1.807, 2.05) is 0 Å². The van der Waals surface area contributed by atoms with Crippen molar-refractivity contribution in [1.82, 2.24) is 5.32 Å². The van der Waals surface area contributed by atoms with Crippen molar-refractivity contribution in [2.75, 3.05) is 13.1 Å². The van der Waals surface area contributed by atoms with Gasteiger partial charge < -0.3 is 10.4 Å². The van der Waals surface area contributed by atoms with E-state index in [-0.39, 0.29) is 5.92 Å². The zero-order valence-corrected chi connectivity index (χ0v) is 8.82. The zero-order valence-electron chi connectivity index (χ0n) is 8.82. The highest BCUT2D eigenvalue weighted by Gasteiger charge is 2.33. The Bertz CT molecular complexity index is 388. The number of carboxylic acids is 1. The first-order valence-corrected chi connectivity index (χ1v) is 5.38. The maximum Gasteiger partial charge on any atom is 0.311 e. The van der Waals surface area contributed by atoms with Gasteiger partial charge in [-0.3, -0.25) is 4.79 Å². The molecule has 0 radical (unpaired) electrons. The van der Waals surface area contributed by atoms with Gasteiger partial charge in [0, 0.05) is 5.56 Å². The van der Waals surface area contributed by atoms with E-state index >= 15 is 0 Å². The lowest BCUT2D eigenvalue weighted by Crippen LogP contribution is -2.24. The molecule has 0 spiro atoms. The molecular weight excluding hydrogens is 209 g/mol. The molecule has 3 nitrogen and oxygen atoms in total. The van der Waals surface area contributed by atoms with Gasteiger partial charge in [0.15, 0.2) is 0 Å². The first kappa shape index (κ1) is 11.1. The summed E-state index contributed by atoms with van der Waals surface area (Å²) < 4.78 is 13.6. The van der Waals surface area contributed by atoms with Crippen LogP contribution in [0.3, 0.4) is 0 Å². The van der Waals surface area contributed by atoms with Crippen LogP contribution in [-0.4, -0.2) is 24.2 Å². The SMILES string of the molecule is O=C(O)C(c1ccccc1F)C1CCNC1. The summed E-state index contributed by atoms with van der Waals surface area (Å²) in [6, 6.07) is 6.13. The third-order valence-corrected chi connectivity index (χ3v) is 3.08. The molecule has 86 valence electrons. The van der Waals surface area contributed by atoms with E-state index in [0.29, 0.717) is 12.1 Å². The average Bonchev–Trinajstić information content (AvgIpc) is 2.74. The fourth-order valence-corrected chi connectivity index (χ4v) is 2.28. The fraction of sp³-hybridized carbons (Fsp3) is 0.417. The van der Waals surface area contributed by atoms with Crippen molar-refractivity contribution in [1.29, 1.82) is 0 Å². The Hall–Kier alpha value is -1.42. The number of hydrogen-bond donors (Lipinski definition) is 2. The van der Waals surface area contributed by atoms with E-state index in [4.69, 9.17) is 0 Å². The molecule has 1 aliphatic heterocycles. The van der Waals surface area contributed by atoms with Crippen molar-refractivity contribution >= 4 is 5.97 Å². The number of carbonyl (C=O) groups is 1. The maximum atomic E-state index is 13.6. The number of nitrogens with one attached hydrogen (secondary N) is 1. The van der Waals surface area contributed by atoms with Crippen molar-refractivity contribution in [3.63, 3.8) is 0 Å². The Morgan fingerprint density at radius 3 is 2.81 bits per heavy atom. The van der Waals surface area contributed by atoms with Gasteiger partial charge in [0.05, 0.1) is 5.92 Å². The highest BCUT2D eigenvalue weighted by atomic mass is 19.1. The molecule has 16 heavy (non-hydrogen) atoms. The highest BCUT2D eigenvalue weighted by Crippen LogP contribution is 2.30. The topological polar surface area (TPSA) is 49.3 Å². The molecule has 1 aromatic rings. The minimum absolute atomic E-state index is 0.0191. The van der Waals surface area contributed by atoms with Crippen LogP contribution in [0.4, 0.5) is 4.39 Å². The van der Waals surface area contributed by atoms with Crippen LogP contribution in [0, 0.1) is 11.7 Å². The van der Waals surface area contributed by atoms with Crippen molar-refractivity contribution in [2.45, 2.75) is 12.3 Å². The Balaban J connectivity index is 2.32. The Labute approximate surface area is 93.3 Å². The molecule has 0 aromatic heterocycles. The molecule has 1 heterocycles. The standard InChI is InChI=1S/C12H14FNO2/c13-10-4-2-1-3-9(10)11(12(15)16)8-5-6-14-7-8/h1-4,8,11,14H,5-7H2,(H,15,16). The van der Waals surface area contributed by atoms with Gasteiger partial charge in [0.25, 0.3) is 0 Å². The van der Waals surface area contributed by atoms with E-state index in [1.54, 1.807) is 18.2 Å². The molecule has 1 aliphatic rings. The van der Waals surface area contributed by atoms with Gasteiger partial charge in [0.2, 0.25) is 0 Å². The summed E-state index contributed by atoms with van der Waals surface area (Å²) >= 11 is 0. The molecule has 2 N–H and O–H groups in total. The van der Waals surface area contributed by atoms with Crippen LogP contribution in [-0.2, 0) is 4.79 Å². The molecule has 1 fully saturated rings. The molecule has 0 bridgehead atoms. The van der Waals surface area contributed by atoms with Gasteiger partial charge in [-0.2, -0.15) is 0 Å². The number of hydrogen-bond acceptors (Lipinski definition) is 2. The second kappa shape index (κ2) is 4.61. The van der Waals surface area contributed by atoms with Crippen LogP contribution in [0.5, 0.6) is 0 Å². The largest absolute Gasteiger partial charge is 0.481 e. The lowest BCUT2D eigenvalue weighted by Gasteiger charge is -2.19. The minimum Gasteiger partial charge on any atom is -0.481 e. The van der Waals surface area contributed by atoms with Crippen LogP contribution in [0.1, 0.15) is 17.9 Å². The summed E-state index contributed by atoms with van der Waals surface area (Å²) in [6.07, 6.45) is 0.783. The molecule has 1 aromatic carbocycles. The summed E-state index contributed by atoms with van der Waals surface area (Å²) in [6.45, 7) is 1.45. The summed E-state index contributed by atoms with van der Waals surface area (Å²) in [5.41, 5.74) is 0.295. The lowest BCUT2D eigenvalue weighted by atomic mass is 9.85. The van der Waals surface area contributed by atoms with Gasteiger partial charge >= 0.3 is 5.97 Å². The summed E-state index contributed by atoms with van der Waals surface area (Å²) in [4.78, 5) is 11.2. The van der Waals surface area contributed by atoms with Crippen molar-refractivity contribution < 1.29 is 14.3 Å². The number of rotatable bonds is 3. The second-order valence-corrected chi connectivity index (χ2v) is 4.09. The summed E-state index contributed by atoms with van der Waals surface area (Å²) in [5.74, 6) is -2.13. The van der Waals surface area contributed by atoms with E-state index in [0.717, 1.165) is 13.0 Å². The molecule has 1 saturated heterocycles. The van der Waals surface area contributed by atoms with Crippen LogP contribution in [0.15, 0.2) is 24.3 Å². The normalized spacial score (nSPS) is 21.9. The number of carboxylic acid groups (broad SMARTS) is 1. The maximum absolute atomic E-state index is 13.6. The van der Waals surface area contributed by atoms with Crippen LogP contribution in [0.2, 0.25) is 0 Å². The highest BCUT2D eigenvalue weighted by molar-refractivity contribution is 5.76. The predicted molar refractivity (Wildman–Crippen MR) is 57.8 cm³/mol. The molecule has 0 amide bonds. The molecular formula is C12H14FNO2. The molecule has 2 unspecified atom stereocenters. The zero-order chi connectivity index (χ0) is 11.5. The van der Waals surface area contributed by atoms with E-state index in [1.165, 1.54) is 6.07 Å². The van der Waals surface area contributed by atoms with Crippen LogP contribution < -0.4 is 5.32 Å². The van der Waals surface area contributed by atoms with Gasteiger partial charge in [-0.15, -0.1) is 0 Å². The fourth-order valence-electron chi connectivity index (χ4n) is 2.28. The quantitative estimate of drug-likeness (QED) is 0.818. The Morgan fingerprint density at radius 2 is 2.25 bits per heavy atom. The van der Waals surface area contributed by atoms with Crippen LogP contribution in [0.25, 0.3) is 0 Å². The Morgan fingerprint density at radius 1 is 1.50 bits per heavy atom. The molecule has 4 heteroatoms. The second-order valence-electron chi connectivity index (χ2n) is 4.09. The monoisotopic (exact) mass is 223 g/mol. The van der Waals surface area contributed by atoms with Crippen molar-refractivity contribution in [3.05, 3.63) is 35.6 Å². The van der Waals surface area contributed by atoms with E-state index in [9.17, 15) is 14.3 Å². The minimum atomic E-state index is -0.946. The van der Waals surface area contributed by atoms with Gasteiger partial charge in [0.1, 0.15) is 5.82 Å². The van der Waals surface area contributed by atoms with E-state index in [2.05, 4.69) is 5.32 Å². The smallest absolute Gasteiger partial charge is 0.311 e. The summed E-state index contributed by atoms with van der Waals surface area (Å²) in [7, 11) is 0. The number of aliphatic carboxylic acids is 1. The third kappa shape index (κ3) is 2.07. The molecule has 0 saturated carbocycles. The molecule has 2 atom stereocenters. The number of benzene rings is 1. The summed E-state index contributed by atoms with van der Waals surface area (Å²) in [5, 5.41) is 12.3. The predicted octanol–water partition coefficient (Wildman–Crippen LogP) is 1.60. The molecule has 0 aliphatic carbocycles. The van der Waals surface area contributed by atoms with Gasteiger partial charge in [-0.1, -0.05) is 18.2 Å². The molecule has 2 rings (SSSR count). The lowest BCUT2D eigenvalue weighted by molar-refractivity contribution is -0.140. The van der Waals surface area contributed by atoms with Crippen molar-refractivity contribution in [3.8, 4) is 0 Å². The number of halogens is 1. The Kier molecular flexibility index (Phi) is 3.19. The van der Waals surface area contributed by atoms with Crippen molar-refractivity contribution in [2.24, 2.45) is 5.92 Å². The van der Waals surface area contributed by atoms with Gasteiger partial charge in [-0.05, 0) is 31.5 Å².